The topological polar surface area (TPSA) is 34.1 Å². The molecule has 0 aliphatic rings. The van der Waals surface area contributed by atoms with Gasteiger partial charge in [-0.2, -0.15) is 8.78 Å². The summed E-state index contributed by atoms with van der Waals surface area (Å²) in [5, 5.41) is 3.35. The summed E-state index contributed by atoms with van der Waals surface area (Å²) in [5.41, 5.74) is 1.21. The van der Waals surface area contributed by atoms with E-state index in [1.807, 2.05) is 0 Å². The van der Waals surface area contributed by atoms with Crippen LogP contribution in [0.3, 0.4) is 0 Å². The molecule has 2 rings (SSSR count). The molecular weight excluding hydrogens is 354 g/mol. The van der Waals surface area contributed by atoms with Crippen LogP contribution in [0, 0.1) is 0 Å². The lowest BCUT2D eigenvalue weighted by molar-refractivity contribution is -0.0504. The Morgan fingerprint density at radius 1 is 1.35 bits per heavy atom. The lowest BCUT2D eigenvalue weighted by Crippen LogP contribution is -2.07. The zero-order chi connectivity index (χ0) is 14.5. The number of nitrogens with one attached hydrogen (secondary N) is 1. The molecule has 0 aliphatic heterocycles. The quantitative estimate of drug-likeness (QED) is 0.781. The van der Waals surface area contributed by atoms with E-state index in [-0.39, 0.29) is 12.3 Å². The Bertz CT molecular complexity index is 598. The van der Waals surface area contributed by atoms with Crippen molar-refractivity contribution in [3.63, 3.8) is 0 Å². The van der Waals surface area contributed by atoms with Crippen LogP contribution in [0.15, 0.2) is 41.0 Å². The number of halogens is 4. The molecule has 7 heteroatoms. The number of pyridine rings is 1. The van der Waals surface area contributed by atoms with Crippen molar-refractivity contribution in [3.05, 3.63) is 51.7 Å². The molecule has 106 valence electrons. The maximum absolute atomic E-state index is 12.3. The Labute approximate surface area is 128 Å². The van der Waals surface area contributed by atoms with Gasteiger partial charge >= 0.3 is 6.61 Å². The second kappa shape index (κ2) is 6.85. The number of hydrogen-bond acceptors (Lipinski definition) is 3. The molecule has 0 unspecified atom stereocenters. The first kappa shape index (κ1) is 15.0. The van der Waals surface area contributed by atoms with Gasteiger partial charge in [-0.05, 0) is 30.3 Å². The number of hydrogen-bond donors (Lipinski definition) is 1. The van der Waals surface area contributed by atoms with E-state index in [0.717, 1.165) is 4.47 Å². The van der Waals surface area contributed by atoms with Gasteiger partial charge in [0.15, 0.2) is 5.15 Å². The molecule has 0 saturated heterocycles. The third-order valence-corrected chi connectivity index (χ3v) is 3.26. The highest BCUT2D eigenvalue weighted by Gasteiger charge is 2.10. The fraction of sp³-hybridized carbons (Fsp3) is 0.154. The summed E-state index contributed by atoms with van der Waals surface area (Å²) in [5.74, 6) is 0.121. The fourth-order valence-corrected chi connectivity index (χ4v) is 2.20. The zero-order valence-corrected chi connectivity index (χ0v) is 12.5. The summed E-state index contributed by atoms with van der Waals surface area (Å²) in [6, 6.07) is 8.30. The second-order valence-corrected chi connectivity index (χ2v) is 5.10. The van der Waals surface area contributed by atoms with Crippen LogP contribution >= 0.6 is 27.5 Å². The molecule has 1 N–H and O–H groups in total. The Morgan fingerprint density at radius 3 is 2.85 bits per heavy atom. The molecule has 0 fully saturated rings. The van der Waals surface area contributed by atoms with Crippen molar-refractivity contribution in [1.29, 1.82) is 0 Å². The largest absolute Gasteiger partial charge is 0.434 e. The smallest absolute Gasteiger partial charge is 0.387 e. The molecule has 0 aliphatic carbocycles. The van der Waals surface area contributed by atoms with E-state index in [1.54, 1.807) is 30.5 Å². The number of rotatable bonds is 5. The van der Waals surface area contributed by atoms with Crippen LogP contribution in [-0.4, -0.2) is 11.6 Å². The van der Waals surface area contributed by atoms with Crippen LogP contribution in [0.1, 0.15) is 5.56 Å². The average Bonchev–Trinajstić information content (AvgIpc) is 2.40. The molecule has 0 atom stereocenters. The molecule has 0 radical (unpaired) electrons. The second-order valence-electron chi connectivity index (χ2n) is 3.83. The van der Waals surface area contributed by atoms with Crippen LogP contribution in [0.4, 0.5) is 14.5 Å². The molecule has 3 nitrogen and oxygen atoms in total. The van der Waals surface area contributed by atoms with Gasteiger partial charge in [0.05, 0.1) is 5.69 Å². The van der Waals surface area contributed by atoms with Crippen molar-refractivity contribution in [2.24, 2.45) is 0 Å². The van der Waals surface area contributed by atoms with Crippen molar-refractivity contribution in [3.8, 4) is 5.75 Å². The first-order valence-electron chi connectivity index (χ1n) is 5.64. The molecular formula is C13H10BrClF2N2O. The SMILES string of the molecule is FC(F)Oc1ccc(Br)cc1CNc1cccnc1Cl. The van der Waals surface area contributed by atoms with E-state index in [0.29, 0.717) is 16.4 Å². The monoisotopic (exact) mass is 362 g/mol. The van der Waals surface area contributed by atoms with E-state index in [2.05, 4.69) is 31.0 Å². The molecule has 1 heterocycles. The maximum Gasteiger partial charge on any atom is 0.387 e. The Balaban J connectivity index is 2.16. The summed E-state index contributed by atoms with van der Waals surface area (Å²) in [6.07, 6.45) is 1.57. The van der Waals surface area contributed by atoms with E-state index in [1.165, 1.54) is 6.07 Å². The van der Waals surface area contributed by atoms with Gasteiger partial charge in [0.25, 0.3) is 0 Å². The summed E-state index contributed by atoms with van der Waals surface area (Å²) in [7, 11) is 0. The fourth-order valence-electron chi connectivity index (χ4n) is 1.61. The summed E-state index contributed by atoms with van der Waals surface area (Å²) in [6.45, 7) is -2.58. The molecule has 1 aromatic carbocycles. The van der Waals surface area contributed by atoms with Crippen molar-refractivity contribution >= 4 is 33.2 Å². The van der Waals surface area contributed by atoms with Gasteiger partial charge in [0.1, 0.15) is 5.75 Å². The first-order chi connectivity index (χ1) is 9.56. The predicted molar refractivity (Wildman–Crippen MR) is 77.3 cm³/mol. The standard InChI is InChI=1S/C13H10BrClF2N2O/c14-9-3-4-11(20-13(16)17)8(6-9)7-19-10-2-1-5-18-12(10)15/h1-6,13,19H,7H2. The van der Waals surface area contributed by atoms with Gasteiger partial charge < -0.3 is 10.1 Å². The highest BCUT2D eigenvalue weighted by atomic mass is 79.9. The van der Waals surface area contributed by atoms with Gasteiger partial charge in [-0.3, -0.25) is 0 Å². The summed E-state index contributed by atoms with van der Waals surface area (Å²) in [4.78, 5) is 3.92. The third-order valence-electron chi connectivity index (χ3n) is 2.47. The highest BCUT2D eigenvalue weighted by Crippen LogP contribution is 2.26. The number of aromatic nitrogens is 1. The zero-order valence-electron chi connectivity index (χ0n) is 10.1. The van der Waals surface area contributed by atoms with Crippen molar-refractivity contribution < 1.29 is 13.5 Å². The number of ether oxygens (including phenoxy) is 1. The van der Waals surface area contributed by atoms with Gasteiger partial charge in [-0.15, -0.1) is 0 Å². The minimum atomic E-state index is -2.86. The highest BCUT2D eigenvalue weighted by molar-refractivity contribution is 9.10. The normalized spacial score (nSPS) is 10.7. The minimum Gasteiger partial charge on any atom is -0.434 e. The van der Waals surface area contributed by atoms with E-state index in [9.17, 15) is 8.78 Å². The van der Waals surface area contributed by atoms with Gasteiger partial charge in [0, 0.05) is 22.8 Å². The molecule has 0 spiro atoms. The molecule has 20 heavy (non-hydrogen) atoms. The summed E-state index contributed by atoms with van der Waals surface area (Å²) >= 11 is 9.21. The van der Waals surface area contributed by atoms with Crippen LogP contribution in [0.2, 0.25) is 5.15 Å². The molecule has 0 saturated carbocycles. The Morgan fingerprint density at radius 2 is 2.15 bits per heavy atom. The van der Waals surface area contributed by atoms with Gasteiger partial charge in [0.2, 0.25) is 0 Å². The van der Waals surface area contributed by atoms with Gasteiger partial charge in [-0.1, -0.05) is 27.5 Å². The molecule has 0 amide bonds. The van der Waals surface area contributed by atoms with Crippen LogP contribution < -0.4 is 10.1 Å². The van der Waals surface area contributed by atoms with E-state index >= 15 is 0 Å². The van der Waals surface area contributed by atoms with Crippen LogP contribution in [0.25, 0.3) is 0 Å². The number of benzene rings is 1. The van der Waals surface area contributed by atoms with E-state index in [4.69, 9.17) is 11.6 Å². The van der Waals surface area contributed by atoms with Crippen LogP contribution in [0.5, 0.6) is 5.75 Å². The number of anilines is 1. The number of alkyl halides is 2. The minimum absolute atomic E-state index is 0.121. The number of nitrogens with zero attached hydrogens (tertiary/aromatic N) is 1. The summed E-state index contributed by atoms with van der Waals surface area (Å²) < 4.78 is 29.9. The van der Waals surface area contributed by atoms with E-state index < -0.39 is 6.61 Å². The first-order valence-corrected chi connectivity index (χ1v) is 6.81. The van der Waals surface area contributed by atoms with Crippen molar-refractivity contribution in [2.45, 2.75) is 13.2 Å². The lowest BCUT2D eigenvalue weighted by Gasteiger charge is -2.13. The van der Waals surface area contributed by atoms with Crippen LogP contribution in [-0.2, 0) is 6.54 Å². The van der Waals surface area contributed by atoms with Gasteiger partial charge in [-0.25, -0.2) is 4.98 Å². The third kappa shape index (κ3) is 4.05. The lowest BCUT2D eigenvalue weighted by atomic mass is 10.2. The van der Waals surface area contributed by atoms with Crippen molar-refractivity contribution in [2.75, 3.05) is 5.32 Å². The van der Waals surface area contributed by atoms with Crippen molar-refractivity contribution in [1.82, 2.24) is 4.98 Å². The predicted octanol–water partition coefficient (Wildman–Crippen LogP) is 4.71. The Hall–Kier alpha value is -1.40. The Kier molecular flexibility index (Phi) is 5.14. The molecule has 0 bridgehead atoms. The molecule has 2 aromatic rings. The average molecular weight is 364 g/mol. The molecule has 1 aromatic heterocycles. The maximum atomic E-state index is 12.3.